The minimum Gasteiger partial charge on any atom is -0.354 e. The topological polar surface area (TPSA) is 80.1 Å². The molecule has 0 saturated carbocycles. The number of nitrogens with one attached hydrogen (secondary N) is 1. The maximum Gasteiger partial charge on any atom is 0.249 e. The van der Waals surface area contributed by atoms with Gasteiger partial charge < -0.3 is 5.32 Å². The summed E-state index contributed by atoms with van der Waals surface area (Å²) in [7, 11) is 0. The van der Waals surface area contributed by atoms with Gasteiger partial charge in [0.2, 0.25) is 11.8 Å². The molecule has 7 nitrogen and oxygen atoms in total. The van der Waals surface area contributed by atoms with Gasteiger partial charge in [-0.2, -0.15) is 0 Å². The SMILES string of the molecule is CC(C)CCNC(=O)[C@@H](c1ccc(F)cc1)N(C(=O)Cn1nnc2ccccc21)c1ccccc1F. The molecular weight excluding hydrogens is 464 g/mol. The lowest BCUT2D eigenvalue weighted by molar-refractivity contribution is -0.127. The fourth-order valence-electron chi connectivity index (χ4n) is 3.95. The van der Waals surface area contributed by atoms with E-state index in [4.69, 9.17) is 0 Å². The third-order valence-electron chi connectivity index (χ3n) is 5.80. The van der Waals surface area contributed by atoms with Crippen molar-refractivity contribution in [3.05, 3.63) is 90.0 Å². The Balaban J connectivity index is 1.77. The summed E-state index contributed by atoms with van der Waals surface area (Å²) in [6, 6.07) is 16.9. The Labute approximate surface area is 207 Å². The van der Waals surface area contributed by atoms with Crippen molar-refractivity contribution in [3.63, 3.8) is 0 Å². The first-order valence-electron chi connectivity index (χ1n) is 11.7. The van der Waals surface area contributed by atoms with Gasteiger partial charge in [-0.05, 0) is 54.3 Å². The number of anilines is 1. The average Bonchev–Trinajstić information content (AvgIpc) is 3.26. The Morgan fingerprint density at radius 1 is 0.972 bits per heavy atom. The predicted molar refractivity (Wildman–Crippen MR) is 133 cm³/mol. The van der Waals surface area contributed by atoms with E-state index in [1.54, 1.807) is 30.3 Å². The molecule has 3 aromatic carbocycles. The summed E-state index contributed by atoms with van der Waals surface area (Å²) in [5.74, 6) is -1.89. The number of carbonyl (C=O) groups is 2. The number of benzene rings is 3. The van der Waals surface area contributed by atoms with Crippen LogP contribution in [0.1, 0.15) is 31.9 Å². The minimum atomic E-state index is -1.24. The van der Waals surface area contributed by atoms with Gasteiger partial charge in [-0.15, -0.1) is 5.10 Å². The highest BCUT2D eigenvalue weighted by molar-refractivity contribution is 6.01. The molecule has 0 fully saturated rings. The lowest BCUT2D eigenvalue weighted by Gasteiger charge is -2.32. The van der Waals surface area contributed by atoms with Crippen molar-refractivity contribution in [3.8, 4) is 0 Å². The zero-order chi connectivity index (χ0) is 25.7. The van der Waals surface area contributed by atoms with Gasteiger partial charge in [0.25, 0.3) is 0 Å². The first-order valence-corrected chi connectivity index (χ1v) is 11.7. The highest BCUT2D eigenvalue weighted by Crippen LogP contribution is 2.31. The van der Waals surface area contributed by atoms with E-state index >= 15 is 4.39 Å². The van der Waals surface area contributed by atoms with Crippen molar-refractivity contribution in [2.75, 3.05) is 11.4 Å². The minimum absolute atomic E-state index is 0.0692. The average molecular weight is 492 g/mol. The standard InChI is InChI=1S/C27H27F2N5O2/c1-18(2)15-16-30-27(36)26(19-11-13-20(28)14-12-19)34(23-9-5-3-7-21(23)29)25(35)17-33-24-10-6-4-8-22(24)31-32-33/h3-14,18,26H,15-17H2,1-2H3,(H,30,36)/t26-/m1/s1. The molecule has 4 aromatic rings. The Bertz CT molecular complexity index is 1350. The number of nitrogens with zero attached hydrogens (tertiary/aromatic N) is 4. The van der Waals surface area contributed by atoms with E-state index in [0.29, 0.717) is 29.1 Å². The van der Waals surface area contributed by atoms with Crippen LogP contribution in [0.2, 0.25) is 0 Å². The highest BCUT2D eigenvalue weighted by atomic mass is 19.1. The van der Waals surface area contributed by atoms with Crippen LogP contribution in [0.4, 0.5) is 14.5 Å². The third kappa shape index (κ3) is 5.56. The van der Waals surface area contributed by atoms with Crippen molar-refractivity contribution < 1.29 is 18.4 Å². The molecule has 0 spiro atoms. The van der Waals surface area contributed by atoms with Gasteiger partial charge in [-0.1, -0.05) is 55.5 Å². The van der Waals surface area contributed by atoms with E-state index in [9.17, 15) is 14.0 Å². The maximum atomic E-state index is 15.1. The van der Waals surface area contributed by atoms with Crippen LogP contribution in [0.25, 0.3) is 11.0 Å². The largest absolute Gasteiger partial charge is 0.354 e. The van der Waals surface area contributed by atoms with Gasteiger partial charge in [0.15, 0.2) is 0 Å². The summed E-state index contributed by atoms with van der Waals surface area (Å²) >= 11 is 0. The number of hydrogen-bond donors (Lipinski definition) is 1. The molecule has 36 heavy (non-hydrogen) atoms. The molecule has 186 valence electrons. The summed E-state index contributed by atoms with van der Waals surface area (Å²) < 4.78 is 30.2. The zero-order valence-corrected chi connectivity index (χ0v) is 20.1. The van der Waals surface area contributed by atoms with E-state index in [0.717, 1.165) is 11.3 Å². The fourth-order valence-corrected chi connectivity index (χ4v) is 3.95. The number of carbonyl (C=O) groups excluding carboxylic acids is 2. The fraction of sp³-hybridized carbons (Fsp3) is 0.259. The Kier molecular flexibility index (Phi) is 7.68. The van der Waals surface area contributed by atoms with E-state index < -0.39 is 29.5 Å². The third-order valence-corrected chi connectivity index (χ3v) is 5.80. The number of halogens is 2. The number of hydrogen-bond acceptors (Lipinski definition) is 4. The molecule has 2 amide bonds. The van der Waals surface area contributed by atoms with Gasteiger partial charge in [-0.3, -0.25) is 14.5 Å². The summed E-state index contributed by atoms with van der Waals surface area (Å²) in [6.07, 6.45) is 0.723. The maximum absolute atomic E-state index is 15.1. The van der Waals surface area contributed by atoms with Crippen molar-refractivity contribution in [1.82, 2.24) is 20.3 Å². The van der Waals surface area contributed by atoms with Gasteiger partial charge in [0.05, 0.1) is 11.2 Å². The molecule has 9 heteroatoms. The molecule has 1 aromatic heterocycles. The van der Waals surface area contributed by atoms with E-state index in [1.165, 1.54) is 47.1 Å². The monoisotopic (exact) mass is 491 g/mol. The molecule has 0 bridgehead atoms. The second kappa shape index (κ2) is 11.1. The molecule has 1 heterocycles. The van der Waals surface area contributed by atoms with Gasteiger partial charge >= 0.3 is 0 Å². The highest BCUT2D eigenvalue weighted by Gasteiger charge is 2.34. The second-order valence-electron chi connectivity index (χ2n) is 8.88. The number of rotatable bonds is 9. The summed E-state index contributed by atoms with van der Waals surface area (Å²) in [5.41, 5.74) is 1.50. The number of aromatic nitrogens is 3. The zero-order valence-electron chi connectivity index (χ0n) is 20.1. The number of fused-ring (bicyclic) bond motifs is 1. The Morgan fingerprint density at radius 3 is 2.39 bits per heavy atom. The van der Waals surface area contributed by atoms with Crippen LogP contribution in [-0.2, 0) is 16.1 Å². The van der Waals surface area contributed by atoms with Crippen molar-refractivity contribution in [2.45, 2.75) is 32.9 Å². The van der Waals surface area contributed by atoms with Crippen molar-refractivity contribution in [1.29, 1.82) is 0 Å². The molecule has 0 aliphatic carbocycles. The van der Waals surface area contributed by atoms with Crippen LogP contribution in [-0.4, -0.2) is 33.4 Å². The summed E-state index contributed by atoms with van der Waals surface area (Å²) in [4.78, 5) is 28.4. The van der Waals surface area contributed by atoms with Crippen LogP contribution in [0.5, 0.6) is 0 Å². The van der Waals surface area contributed by atoms with Crippen LogP contribution in [0.3, 0.4) is 0 Å². The van der Waals surface area contributed by atoms with Crippen LogP contribution in [0.15, 0.2) is 72.8 Å². The smallest absolute Gasteiger partial charge is 0.249 e. The molecule has 0 aliphatic heterocycles. The normalized spacial score (nSPS) is 12.0. The number of amides is 2. The Hall–Kier alpha value is -4.14. The van der Waals surface area contributed by atoms with Gasteiger partial charge in [0, 0.05) is 6.54 Å². The molecule has 4 rings (SSSR count). The molecule has 0 saturated heterocycles. The lowest BCUT2D eigenvalue weighted by Crippen LogP contribution is -2.46. The second-order valence-corrected chi connectivity index (χ2v) is 8.88. The molecule has 0 aliphatic rings. The first kappa shape index (κ1) is 25.0. The van der Waals surface area contributed by atoms with E-state index in [1.807, 2.05) is 13.8 Å². The molecule has 0 unspecified atom stereocenters. The van der Waals surface area contributed by atoms with Gasteiger partial charge in [-0.25, -0.2) is 13.5 Å². The van der Waals surface area contributed by atoms with E-state index in [-0.39, 0.29) is 12.2 Å². The summed E-state index contributed by atoms with van der Waals surface area (Å²) in [6.45, 7) is 4.15. The van der Waals surface area contributed by atoms with Crippen LogP contribution in [0, 0.1) is 17.6 Å². The predicted octanol–water partition coefficient (Wildman–Crippen LogP) is 4.65. The van der Waals surface area contributed by atoms with Crippen molar-refractivity contribution >= 4 is 28.5 Å². The van der Waals surface area contributed by atoms with Crippen LogP contribution >= 0.6 is 0 Å². The Morgan fingerprint density at radius 2 is 1.67 bits per heavy atom. The molecule has 1 atom stereocenters. The summed E-state index contributed by atoms with van der Waals surface area (Å²) in [5, 5.41) is 11.0. The van der Waals surface area contributed by atoms with Crippen molar-refractivity contribution in [2.24, 2.45) is 5.92 Å². The number of para-hydroxylation sites is 2. The lowest BCUT2D eigenvalue weighted by atomic mass is 10.0. The van der Waals surface area contributed by atoms with Crippen LogP contribution < -0.4 is 10.2 Å². The molecular formula is C27H27F2N5O2. The molecule has 0 radical (unpaired) electrons. The first-order chi connectivity index (χ1) is 17.3. The van der Waals surface area contributed by atoms with Gasteiger partial charge in [0.1, 0.15) is 29.7 Å². The quantitative estimate of drug-likeness (QED) is 0.370. The molecule has 1 N–H and O–H groups in total. The van der Waals surface area contributed by atoms with E-state index in [2.05, 4.69) is 15.6 Å².